The molecule has 0 unspecified atom stereocenters. The Balaban J connectivity index is 1.81. The molecule has 0 aliphatic rings. The van der Waals surface area contributed by atoms with Crippen molar-refractivity contribution >= 4 is 0 Å². The van der Waals surface area contributed by atoms with Gasteiger partial charge in [-0.05, 0) is 55.3 Å². The molecule has 0 saturated carbocycles. The molecule has 0 aliphatic carbocycles. The summed E-state index contributed by atoms with van der Waals surface area (Å²) in [6.07, 6.45) is 4.57. The van der Waals surface area contributed by atoms with Crippen LogP contribution in [0.1, 0.15) is 24.1 Å². The highest BCUT2D eigenvalue weighted by Crippen LogP contribution is 2.12. The number of rotatable bonds is 5. The molecule has 1 aromatic heterocycles. The van der Waals surface area contributed by atoms with Crippen molar-refractivity contribution in [2.24, 2.45) is 0 Å². The molecule has 0 aliphatic heterocycles. The lowest BCUT2D eigenvalue weighted by Crippen LogP contribution is -2.21. The van der Waals surface area contributed by atoms with Gasteiger partial charge in [-0.2, -0.15) is 0 Å². The van der Waals surface area contributed by atoms with Gasteiger partial charge in [0.25, 0.3) is 0 Å². The van der Waals surface area contributed by atoms with Crippen molar-refractivity contribution < 1.29 is 4.39 Å². The van der Waals surface area contributed by atoms with Gasteiger partial charge < -0.3 is 5.32 Å². The summed E-state index contributed by atoms with van der Waals surface area (Å²) in [5, 5.41) is 3.42. The zero-order chi connectivity index (χ0) is 12.8. The minimum Gasteiger partial charge on any atom is -0.310 e. The lowest BCUT2D eigenvalue weighted by molar-refractivity contribution is 0.573. The number of hydrogen-bond donors (Lipinski definition) is 1. The number of halogens is 1. The molecule has 0 spiro atoms. The summed E-state index contributed by atoms with van der Waals surface area (Å²) in [6, 6.07) is 10.9. The van der Waals surface area contributed by atoms with E-state index in [-0.39, 0.29) is 11.9 Å². The van der Waals surface area contributed by atoms with Gasteiger partial charge >= 0.3 is 0 Å². The topological polar surface area (TPSA) is 24.9 Å². The Morgan fingerprint density at radius 1 is 1.11 bits per heavy atom. The van der Waals surface area contributed by atoms with Gasteiger partial charge in [-0.3, -0.25) is 4.98 Å². The van der Waals surface area contributed by atoms with Crippen LogP contribution in [0.2, 0.25) is 0 Å². The van der Waals surface area contributed by atoms with Crippen LogP contribution in [-0.4, -0.2) is 11.5 Å². The minimum absolute atomic E-state index is 0.192. The van der Waals surface area contributed by atoms with Crippen molar-refractivity contribution in [2.75, 3.05) is 6.54 Å². The minimum atomic E-state index is -0.192. The third-order valence-electron chi connectivity index (χ3n) is 2.98. The number of nitrogens with one attached hydrogen (secondary N) is 1. The fourth-order valence-electron chi connectivity index (χ4n) is 1.85. The van der Waals surface area contributed by atoms with Crippen LogP contribution in [-0.2, 0) is 6.42 Å². The second-order valence-corrected chi connectivity index (χ2v) is 4.33. The van der Waals surface area contributed by atoms with Gasteiger partial charge in [0.05, 0.1) is 0 Å². The van der Waals surface area contributed by atoms with Crippen LogP contribution in [0.15, 0.2) is 48.8 Å². The van der Waals surface area contributed by atoms with Crippen LogP contribution >= 0.6 is 0 Å². The van der Waals surface area contributed by atoms with Gasteiger partial charge in [0.2, 0.25) is 0 Å². The van der Waals surface area contributed by atoms with Crippen LogP contribution in [0.4, 0.5) is 4.39 Å². The first-order chi connectivity index (χ1) is 8.75. The number of nitrogens with zero attached hydrogens (tertiary/aromatic N) is 1. The molecule has 2 nitrogen and oxygen atoms in total. The average Bonchev–Trinajstić information content (AvgIpc) is 2.40. The van der Waals surface area contributed by atoms with E-state index < -0.39 is 0 Å². The van der Waals surface area contributed by atoms with Gasteiger partial charge in [-0.1, -0.05) is 12.1 Å². The Bertz CT molecular complexity index is 468. The summed E-state index contributed by atoms with van der Waals surface area (Å²) >= 11 is 0. The second-order valence-electron chi connectivity index (χ2n) is 4.33. The molecule has 1 heterocycles. The SMILES string of the molecule is C[C@H](NCCc1ccncc1)c1ccc(F)cc1. The van der Waals surface area contributed by atoms with Gasteiger partial charge in [-0.15, -0.1) is 0 Å². The predicted octanol–water partition coefficient (Wildman–Crippen LogP) is 3.11. The first-order valence-corrected chi connectivity index (χ1v) is 6.13. The highest BCUT2D eigenvalue weighted by Gasteiger charge is 2.04. The lowest BCUT2D eigenvalue weighted by Gasteiger charge is -2.14. The smallest absolute Gasteiger partial charge is 0.123 e. The number of benzene rings is 1. The van der Waals surface area contributed by atoms with E-state index in [9.17, 15) is 4.39 Å². The highest BCUT2D eigenvalue weighted by molar-refractivity contribution is 5.19. The molecule has 0 radical (unpaired) electrons. The molecule has 0 bridgehead atoms. The predicted molar refractivity (Wildman–Crippen MR) is 70.8 cm³/mol. The Hall–Kier alpha value is -1.74. The molecular weight excluding hydrogens is 227 g/mol. The number of hydrogen-bond acceptors (Lipinski definition) is 2. The van der Waals surface area contributed by atoms with E-state index in [1.54, 1.807) is 12.4 Å². The third-order valence-corrected chi connectivity index (χ3v) is 2.98. The Labute approximate surface area is 107 Å². The molecule has 1 atom stereocenters. The maximum absolute atomic E-state index is 12.8. The highest BCUT2D eigenvalue weighted by atomic mass is 19.1. The molecular formula is C15H17FN2. The Morgan fingerprint density at radius 3 is 2.44 bits per heavy atom. The first-order valence-electron chi connectivity index (χ1n) is 6.13. The molecule has 2 rings (SSSR count). The van der Waals surface area contributed by atoms with Crippen LogP contribution in [0.5, 0.6) is 0 Å². The lowest BCUT2D eigenvalue weighted by atomic mass is 10.1. The summed E-state index contributed by atoms with van der Waals surface area (Å²) in [7, 11) is 0. The molecule has 2 aromatic rings. The fourth-order valence-corrected chi connectivity index (χ4v) is 1.85. The zero-order valence-electron chi connectivity index (χ0n) is 10.4. The number of aromatic nitrogens is 1. The Kier molecular flexibility index (Phi) is 4.42. The molecule has 1 aromatic carbocycles. The van der Waals surface area contributed by atoms with Gasteiger partial charge in [0.15, 0.2) is 0 Å². The maximum Gasteiger partial charge on any atom is 0.123 e. The summed E-state index contributed by atoms with van der Waals surface area (Å²) in [6.45, 7) is 2.97. The van der Waals surface area contributed by atoms with Crippen molar-refractivity contribution in [3.05, 3.63) is 65.7 Å². The fraction of sp³-hybridized carbons (Fsp3) is 0.267. The van der Waals surface area contributed by atoms with Gasteiger partial charge in [0.1, 0.15) is 5.82 Å². The van der Waals surface area contributed by atoms with E-state index in [1.165, 1.54) is 17.7 Å². The summed E-state index contributed by atoms with van der Waals surface area (Å²) < 4.78 is 12.8. The molecule has 0 amide bonds. The van der Waals surface area contributed by atoms with Gasteiger partial charge in [-0.25, -0.2) is 4.39 Å². The third kappa shape index (κ3) is 3.64. The van der Waals surface area contributed by atoms with Crippen LogP contribution in [0.3, 0.4) is 0 Å². The first kappa shape index (κ1) is 12.7. The largest absolute Gasteiger partial charge is 0.310 e. The molecule has 1 N–H and O–H groups in total. The summed E-state index contributed by atoms with van der Waals surface area (Å²) in [5.41, 5.74) is 2.37. The van der Waals surface area contributed by atoms with E-state index in [0.29, 0.717) is 0 Å². The van der Waals surface area contributed by atoms with Crippen molar-refractivity contribution in [1.82, 2.24) is 10.3 Å². The van der Waals surface area contributed by atoms with Crippen molar-refractivity contribution in [1.29, 1.82) is 0 Å². The zero-order valence-corrected chi connectivity index (χ0v) is 10.4. The summed E-state index contributed by atoms with van der Waals surface area (Å²) in [5.74, 6) is -0.192. The average molecular weight is 244 g/mol. The van der Waals surface area contributed by atoms with Crippen molar-refractivity contribution in [3.63, 3.8) is 0 Å². The molecule has 18 heavy (non-hydrogen) atoms. The Morgan fingerprint density at radius 2 is 1.78 bits per heavy atom. The normalized spacial score (nSPS) is 12.3. The van der Waals surface area contributed by atoms with E-state index >= 15 is 0 Å². The molecule has 94 valence electrons. The molecule has 3 heteroatoms. The van der Waals surface area contributed by atoms with E-state index in [1.807, 2.05) is 24.3 Å². The standard InChI is InChI=1S/C15H17FN2/c1-12(14-2-4-15(16)5-3-14)18-11-8-13-6-9-17-10-7-13/h2-7,9-10,12,18H,8,11H2,1H3/t12-/m0/s1. The maximum atomic E-state index is 12.8. The second kappa shape index (κ2) is 6.26. The van der Waals surface area contributed by atoms with Crippen molar-refractivity contribution in [3.8, 4) is 0 Å². The quantitative estimate of drug-likeness (QED) is 0.874. The van der Waals surface area contributed by atoms with Crippen LogP contribution < -0.4 is 5.32 Å². The monoisotopic (exact) mass is 244 g/mol. The van der Waals surface area contributed by atoms with E-state index in [0.717, 1.165) is 18.5 Å². The number of pyridine rings is 1. The molecule has 0 saturated heterocycles. The van der Waals surface area contributed by atoms with Crippen molar-refractivity contribution in [2.45, 2.75) is 19.4 Å². The van der Waals surface area contributed by atoms with Crippen LogP contribution in [0, 0.1) is 5.82 Å². The van der Waals surface area contributed by atoms with E-state index in [4.69, 9.17) is 0 Å². The summed E-state index contributed by atoms with van der Waals surface area (Å²) in [4.78, 5) is 3.99. The van der Waals surface area contributed by atoms with Crippen LogP contribution in [0.25, 0.3) is 0 Å². The van der Waals surface area contributed by atoms with E-state index in [2.05, 4.69) is 17.2 Å². The van der Waals surface area contributed by atoms with Gasteiger partial charge in [0, 0.05) is 18.4 Å². The molecule has 0 fully saturated rings.